The normalized spacial score (nSPS) is 14.5. The first-order valence-electron chi connectivity index (χ1n) is 20.5. The van der Waals surface area contributed by atoms with Crippen molar-refractivity contribution in [1.29, 1.82) is 0 Å². The van der Waals surface area contributed by atoms with Crippen LogP contribution in [0.1, 0.15) is 149 Å². The SMILES string of the molecule is CC/C=C\C/C=C\C/C=C\CCCCCC(=O)OC(COCCCCCCCC/C=C\C/C=C\CCCCCC)COP(=O)([O-])OCC[N+](C)(C)C. The molecule has 0 spiro atoms. The molecule has 52 heavy (non-hydrogen) atoms. The molecule has 0 bridgehead atoms. The van der Waals surface area contributed by atoms with Crippen LogP contribution in [0.25, 0.3) is 0 Å². The lowest BCUT2D eigenvalue weighted by molar-refractivity contribution is -0.870. The van der Waals surface area contributed by atoms with Crippen molar-refractivity contribution in [2.75, 3.05) is 54.1 Å². The summed E-state index contributed by atoms with van der Waals surface area (Å²) < 4.78 is 34.5. The minimum atomic E-state index is -4.53. The molecule has 0 aromatic rings. The number of likely N-dealkylation sites (N-methyl/N-ethyl adjacent to an activating group) is 1. The van der Waals surface area contributed by atoms with Crippen molar-refractivity contribution in [1.82, 2.24) is 0 Å². The summed E-state index contributed by atoms with van der Waals surface area (Å²) in [7, 11) is 1.32. The highest BCUT2D eigenvalue weighted by Gasteiger charge is 2.20. The average Bonchev–Trinajstić information content (AvgIpc) is 3.09. The predicted octanol–water partition coefficient (Wildman–Crippen LogP) is 11.1. The standard InChI is InChI=1S/C43H78NO7P/c1-6-8-10-12-14-16-18-20-21-22-23-25-27-29-31-33-35-38-48-40-42(41-50-52(46,47)49-39-37-44(3,4)5)51-43(45)36-34-32-30-28-26-24-19-17-15-13-11-9-7-2/h9,11,15-18,21-22,24,26,42H,6-8,10,12-14,19-20,23,25,27-41H2,1-5H3/b11-9-,17-15-,18-16-,22-21-,26-24-. The second kappa shape index (κ2) is 36.2. The van der Waals surface area contributed by atoms with E-state index in [1.807, 2.05) is 21.1 Å². The molecule has 0 aromatic carbocycles. The fraction of sp³-hybridized carbons (Fsp3) is 0.744. The molecule has 0 saturated carbocycles. The van der Waals surface area contributed by atoms with E-state index < -0.39 is 13.9 Å². The lowest BCUT2D eigenvalue weighted by Gasteiger charge is -2.28. The number of hydrogen-bond donors (Lipinski definition) is 0. The molecule has 0 amide bonds. The van der Waals surface area contributed by atoms with Gasteiger partial charge in [-0.3, -0.25) is 9.36 Å². The molecule has 0 aliphatic carbocycles. The number of rotatable bonds is 37. The Kier molecular flexibility index (Phi) is 34.9. The first-order valence-corrected chi connectivity index (χ1v) is 22.0. The maximum Gasteiger partial charge on any atom is 0.306 e. The molecule has 302 valence electrons. The first-order chi connectivity index (χ1) is 25.1. The summed E-state index contributed by atoms with van der Waals surface area (Å²) in [5.41, 5.74) is 0. The number of quaternary nitrogens is 1. The number of nitrogens with zero attached hydrogens (tertiary/aromatic N) is 1. The minimum absolute atomic E-state index is 0.0152. The van der Waals surface area contributed by atoms with Gasteiger partial charge in [-0.15, -0.1) is 0 Å². The summed E-state index contributed by atoms with van der Waals surface area (Å²) in [6, 6.07) is 0. The second-order valence-corrected chi connectivity index (χ2v) is 16.0. The largest absolute Gasteiger partial charge is 0.756 e. The smallest absolute Gasteiger partial charge is 0.306 e. The number of hydrogen-bond acceptors (Lipinski definition) is 7. The number of ether oxygens (including phenoxy) is 2. The summed E-state index contributed by atoms with van der Waals surface area (Å²) in [4.78, 5) is 25.0. The van der Waals surface area contributed by atoms with E-state index >= 15 is 0 Å². The number of unbranched alkanes of at least 4 members (excludes halogenated alkanes) is 13. The van der Waals surface area contributed by atoms with Crippen LogP contribution in [-0.2, 0) is 27.9 Å². The molecular weight excluding hydrogens is 673 g/mol. The lowest BCUT2D eigenvalue weighted by Crippen LogP contribution is -2.37. The molecule has 0 N–H and O–H groups in total. The third-order valence-electron chi connectivity index (χ3n) is 8.30. The molecule has 2 unspecified atom stereocenters. The maximum absolute atomic E-state index is 12.6. The highest BCUT2D eigenvalue weighted by molar-refractivity contribution is 7.45. The van der Waals surface area contributed by atoms with Crippen LogP contribution in [0.3, 0.4) is 0 Å². The Morgan fingerprint density at radius 2 is 1.12 bits per heavy atom. The number of phosphoric ester groups is 1. The van der Waals surface area contributed by atoms with Crippen molar-refractivity contribution in [3.8, 4) is 0 Å². The summed E-state index contributed by atoms with van der Waals surface area (Å²) in [6.07, 6.45) is 43.8. The molecule has 0 rings (SSSR count). The number of phosphoric acid groups is 1. The monoisotopic (exact) mass is 752 g/mol. The Bertz CT molecular complexity index is 1020. The summed E-state index contributed by atoms with van der Waals surface area (Å²) in [5, 5.41) is 0. The zero-order valence-corrected chi connectivity index (χ0v) is 34.9. The number of carbonyl (C=O) groups is 1. The molecule has 0 saturated heterocycles. The third-order valence-corrected chi connectivity index (χ3v) is 9.27. The molecule has 0 fully saturated rings. The molecule has 0 aliphatic rings. The van der Waals surface area contributed by atoms with Gasteiger partial charge in [0.15, 0.2) is 0 Å². The topological polar surface area (TPSA) is 94.1 Å². The van der Waals surface area contributed by atoms with E-state index in [4.69, 9.17) is 18.5 Å². The Balaban J connectivity index is 4.33. The highest BCUT2D eigenvalue weighted by atomic mass is 31.2. The minimum Gasteiger partial charge on any atom is -0.756 e. The fourth-order valence-corrected chi connectivity index (χ4v) is 5.85. The number of allylic oxidation sites excluding steroid dienone is 10. The van der Waals surface area contributed by atoms with Crippen molar-refractivity contribution in [2.24, 2.45) is 0 Å². The Morgan fingerprint density at radius 1 is 0.615 bits per heavy atom. The maximum atomic E-state index is 12.6. The van der Waals surface area contributed by atoms with Gasteiger partial charge in [0.2, 0.25) is 0 Å². The van der Waals surface area contributed by atoms with Gasteiger partial charge in [-0.05, 0) is 77.0 Å². The molecule has 0 heterocycles. The Labute approximate surface area is 320 Å². The Hall–Kier alpha value is -1.80. The van der Waals surface area contributed by atoms with E-state index in [0.29, 0.717) is 24.1 Å². The molecule has 0 aromatic heterocycles. The number of carbonyl (C=O) groups excluding carboxylic acids is 1. The highest BCUT2D eigenvalue weighted by Crippen LogP contribution is 2.38. The van der Waals surface area contributed by atoms with Gasteiger partial charge in [0.05, 0.1) is 34.4 Å². The molecule has 0 radical (unpaired) electrons. The lowest BCUT2D eigenvalue weighted by atomic mass is 10.1. The van der Waals surface area contributed by atoms with Crippen molar-refractivity contribution >= 4 is 13.8 Å². The molecule has 9 heteroatoms. The van der Waals surface area contributed by atoms with Crippen LogP contribution >= 0.6 is 7.82 Å². The average molecular weight is 752 g/mol. The van der Waals surface area contributed by atoms with Crippen molar-refractivity contribution in [3.05, 3.63) is 60.8 Å². The third kappa shape index (κ3) is 39.4. The van der Waals surface area contributed by atoms with Gasteiger partial charge in [0.1, 0.15) is 19.3 Å². The second-order valence-electron chi connectivity index (χ2n) is 14.6. The van der Waals surface area contributed by atoms with Crippen molar-refractivity contribution in [2.45, 2.75) is 155 Å². The van der Waals surface area contributed by atoms with Crippen molar-refractivity contribution < 1.29 is 37.3 Å². The zero-order chi connectivity index (χ0) is 38.4. The number of esters is 1. The van der Waals surface area contributed by atoms with Crippen LogP contribution < -0.4 is 4.89 Å². The Morgan fingerprint density at radius 3 is 1.67 bits per heavy atom. The van der Waals surface area contributed by atoms with E-state index in [2.05, 4.69) is 74.6 Å². The van der Waals surface area contributed by atoms with Crippen molar-refractivity contribution in [3.63, 3.8) is 0 Å². The van der Waals surface area contributed by atoms with Crippen LogP contribution in [-0.4, -0.2) is 70.7 Å². The van der Waals surface area contributed by atoms with Crippen LogP contribution in [0, 0.1) is 0 Å². The van der Waals surface area contributed by atoms with Gasteiger partial charge in [-0.25, -0.2) is 0 Å². The van der Waals surface area contributed by atoms with Gasteiger partial charge in [-0.2, -0.15) is 0 Å². The van der Waals surface area contributed by atoms with Gasteiger partial charge in [0, 0.05) is 13.0 Å². The van der Waals surface area contributed by atoms with Gasteiger partial charge < -0.3 is 27.9 Å². The van der Waals surface area contributed by atoms with Gasteiger partial charge in [-0.1, -0.05) is 126 Å². The molecule has 0 aliphatic heterocycles. The van der Waals surface area contributed by atoms with E-state index in [9.17, 15) is 14.3 Å². The summed E-state index contributed by atoms with van der Waals surface area (Å²) >= 11 is 0. The van der Waals surface area contributed by atoms with Crippen LogP contribution in [0.4, 0.5) is 0 Å². The quantitative estimate of drug-likeness (QED) is 0.0205. The van der Waals surface area contributed by atoms with E-state index in [1.54, 1.807) is 0 Å². The fourth-order valence-electron chi connectivity index (χ4n) is 5.12. The zero-order valence-electron chi connectivity index (χ0n) is 34.0. The van der Waals surface area contributed by atoms with Gasteiger partial charge in [0.25, 0.3) is 7.82 Å². The summed E-state index contributed by atoms with van der Waals surface area (Å²) in [5.74, 6) is -0.370. The summed E-state index contributed by atoms with van der Waals surface area (Å²) in [6.45, 7) is 5.19. The molecular formula is C43H78NO7P. The predicted molar refractivity (Wildman–Crippen MR) is 217 cm³/mol. The van der Waals surface area contributed by atoms with E-state index in [-0.39, 0.29) is 32.2 Å². The van der Waals surface area contributed by atoms with Crippen LogP contribution in [0.5, 0.6) is 0 Å². The molecule has 2 atom stereocenters. The van der Waals surface area contributed by atoms with Gasteiger partial charge >= 0.3 is 5.97 Å². The van der Waals surface area contributed by atoms with E-state index in [1.165, 1.54) is 51.4 Å². The first kappa shape index (κ1) is 50.2. The van der Waals surface area contributed by atoms with Crippen LogP contribution in [0.2, 0.25) is 0 Å². The van der Waals surface area contributed by atoms with Crippen LogP contribution in [0.15, 0.2) is 60.8 Å². The van der Waals surface area contributed by atoms with E-state index in [0.717, 1.165) is 70.6 Å². The molecule has 8 nitrogen and oxygen atoms in total.